The predicted molar refractivity (Wildman–Crippen MR) is 94.7 cm³/mol. The van der Waals surface area contributed by atoms with Crippen LogP contribution in [0.1, 0.15) is 0 Å². The van der Waals surface area contributed by atoms with E-state index in [1.54, 1.807) is 25.3 Å². The maximum Gasteiger partial charge on any atom is 0.349 e. The number of carbonyl (C=O) groups is 1. The molecule has 3 aromatic carbocycles. The van der Waals surface area contributed by atoms with Crippen molar-refractivity contribution in [2.45, 2.75) is 0 Å². The second-order valence-electron chi connectivity index (χ2n) is 5.36. The van der Waals surface area contributed by atoms with E-state index in [-0.39, 0.29) is 11.4 Å². The largest absolute Gasteiger partial charge is 0.497 e. The maximum absolute atomic E-state index is 12.0. The topological polar surface area (TPSA) is 87.9 Å². The summed E-state index contributed by atoms with van der Waals surface area (Å²) in [6.07, 6.45) is 0. The van der Waals surface area contributed by atoms with Gasteiger partial charge in [-0.15, -0.1) is 0 Å². The van der Waals surface area contributed by atoms with Gasteiger partial charge in [-0.3, -0.25) is 10.1 Å². The average molecular weight is 353 g/mol. The van der Waals surface area contributed by atoms with Crippen molar-refractivity contribution in [3.63, 3.8) is 0 Å². The Morgan fingerprint density at radius 2 is 1.69 bits per heavy atom. The van der Waals surface area contributed by atoms with Gasteiger partial charge in [0, 0.05) is 6.07 Å². The average Bonchev–Trinajstić information content (AvgIpc) is 2.66. The van der Waals surface area contributed by atoms with Crippen molar-refractivity contribution in [3.05, 3.63) is 70.8 Å². The van der Waals surface area contributed by atoms with Crippen LogP contribution in [0.25, 0.3) is 10.8 Å². The molecule has 0 radical (unpaired) electrons. The van der Waals surface area contributed by atoms with Crippen molar-refractivity contribution >= 4 is 22.4 Å². The molecule has 7 nitrogen and oxygen atoms in total. The number of nitro benzene ring substituents is 1. The maximum atomic E-state index is 12.0. The van der Waals surface area contributed by atoms with Gasteiger partial charge in [-0.2, -0.15) is 0 Å². The molecule has 0 bridgehead atoms. The van der Waals surface area contributed by atoms with Gasteiger partial charge >= 0.3 is 11.7 Å². The minimum Gasteiger partial charge on any atom is -0.497 e. The molecule has 0 N–H and O–H groups in total. The van der Waals surface area contributed by atoms with E-state index in [1.807, 2.05) is 24.3 Å². The Balaban J connectivity index is 1.68. The molecule has 3 aromatic rings. The van der Waals surface area contributed by atoms with E-state index in [0.717, 1.165) is 10.8 Å². The summed E-state index contributed by atoms with van der Waals surface area (Å²) in [6, 6.07) is 16.6. The van der Waals surface area contributed by atoms with Crippen LogP contribution in [0.5, 0.6) is 17.2 Å². The second kappa shape index (κ2) is 7.52. The summed E-state index contributed by atoms with van der Waals surface area (Å²) in [5, 5.41) is 12.8. The lowest BCUT2D eigenvalue weighted by atomic mass is 10.1. The molecule has 0 aromatic heterocycles. The smallest absolute Gasteiger partial charge is 0.349 e. The van der Waals surface area contributed by atoms with E-state index in [2.05, 4.69) is 0 Å². The lowest BCUT2D eigenvalue weighted by Crippen LogP contribution is -2.18. The van der Waals surface area contributed by atoms with Crippen LogP contribution in [-0.2, 0) is 4.79 Å². The van der Waals surface area contributed by atoms with Gasteiger partial charge in [0.25, 0.3) is 0 Å². The summed E-state index contributed by atoms with van der Waals surface area (Å²) in [4.78, 5) is 22.3. The first-order valence-corrected chi connectivity index (χ1v) is 7.71. The number of nitrogens with zero attached hydrogens (tertiary/aromatic N) is 1. The Kier molecular flexibility index (Phi) is 4.98. The number of rotatable bonds is 6. The van der Waals surface area contributed by atoms with Crippen molar-refractivity contribution in [1.29, 1.82) is 0 Å². The Bertz CT molecular complexity index is 969. The number of carbonyl (C=O) groups excluding carboxylic acids is 1. The van der Waals surface area contributed by atoms with Crippen LogP contribution < -0.4 is 14.2 Å². The molecule has 0 fully saturated rings. The van der Waals surface area contributed by atoms with Crippen LogP contribution >= 0.6 is 0 Å². The van der Waals surface area contributed by atoms with Crippen molar-refractivity contribution in [1.82, 2.24) is 0 Å². The minimum atomic E-state index is -0.662. The third-order valence-electron chi connectivity index (χ3n) is 3.66. The van der Waals surface area contributed by atoms with Crippen LogP contribution in [0.2, 0.25) is 0 Å². The zero-order valence-corrected chi connectivity index (χ0v) is 13.9. The number of nitro groups is 1. The first kappa shape index (κ1) is 17.2. The highest BCUT2D eigenvalue weighted by Crippen LogP contribution is 2.27. The lowest BCUT2D eigenvalue weighted by Gasteiger charge is -2.08. The summed E-state index contributed by atoms with van der Waals surface area (Å²) in [5.74, 6) is 0.394. The van der Waals surface area contributed by atoms with Gasteiger partial charge < -0.3 is 14.2 Å². The van der Waals surface area contributed by atoms with E-state index in [4.69, 9.17) is 14.2 Å². The summed E-state index contributed by atoms with van der Waals surface area (Å²) < 4.78 is 15.6. The number of para-hydroxylation sites is 2. The number of hydrogen-bond donors (Lipinski definition) is 0. The Morgan fingerprint density at radius 1 is 1.00 bits per heavy atom. The Hall–Kier alpha value is -3.61. The molecular weight excluding hydrogens is 338 g/mol. The number of ether oxygens (including phenoxy) is 3. The molecule has 26 heavy (non-hydrogen) atoms. The molecule has 0 spiro atoms. The Morgan fingerprint density at radius 3 is 2.42 bits per heavy atom. The summed E-state index contributed by atoms with van der Waals surface area (Å²) >= 11 is 0. The molecule has 0 atom stereocenters. The fraction of sp³-hybridized carbons (Fsp3) is 0.105. The fourth-order valence-electron chi connectivity index (χ4n) is 2.42. The normalized spacial score (nSPS) is 10.3. The number of methoxy groups -OCH3 is 1. The minimum absolute atomic E-state index is 0.0118. The monoisotopic (exact) mass is 353 g/mol. The van der Waals surface area contributed by atoms with E-state index in [1.165, 1.54) is 18.2 Å². The molecule has 7 heteroatoms. The van der Waals surface area contributed by atoms with Gasteiger partial charge in [0.1, 0.15) is 11.5 Å². The Labute approximate surface area is 148 Å². The van der Waals surface area contributed by atoms with Crippen molar-refractivity contribution in [2.24, 2.45) is 0 Å². The number of hydrogen-bond acceptors (Lipinski definition) is 6. The first-order chi connectivity index (χ1) is 12.6. The second-order valence-corrected chi connectivity index (χ2v) is 5.36. The van der Waals surface area contributed by atoms with Gasteiger partial charge in [0.15, 0.2) is 12.4 Å². The van der Waals surface area contributed by atoms with E-state index >= 15 is 0 Å². The van der Waals surface area contributed by atoms with Gasteiger partial charge in [-0.1, -0.05) is 24.3 Å². The highest BCUT2D eigenvalue weighted by atomic mass is 16.6. The number of fused-ring (bicyclic) bond motifs is 1. The van der Waals surface area contributed by atoms with Crippen LogP contribution in [-0.4, -0.2) is 24.6 Å². The van der Waals surface area contributed by atoms with E-state index in [0.29, 0.717) is 11.5 Å². The predicted octanol–water partition coefficient (Wildman–Crippen LogP) is 3.74. The molecule has 0 aliphatic rings. The molecule has 132 valence electrons. The first-order valence-electron chi connectivity index (χ1n) is 7.71. The zero-order valence-electron chi connectivity index (χ0n) is 13.9. The molecule has 0 amide bonds. The third kappa shape index (κ3) is 3.89. The standard InChI is InChI=1S/C19H15NO6/c1-24-15-8-6-13-7-9-16(11-14(13)10-15)26-19(21)12-25-18-5-3-2-4-17(18)20(22)23/h2-11H,12H2,1H3. The molecule has 0 heterocycles. The lowest BCUT2D eigenvalue weighted by molar-refractivity contribution is -0.385. The number of benzene rings is 3. The van der Waals surface area contributed by atoms with E-state index in [9.17, 15) is 14.9 Å². The highest BCUT2D eigenvalue weighted by molar-refractivity contribution is 5.86. The van der Waals surface area contributed by atoms with Crippen molar-refractivity contribution in [3.8, 4) is 17.2 Å². The van der Waals surface area contributed by atoms with Crippen LogP contribution in [0, 0.1) is 10.1 Å². The molecular formula is C19H15NO6. The highest BCUT2D eigenvalue weighted by Gasteiger charge is 2.15. The third-order valence-corrected chi connectivity index (χ3v) is 3.66. The summed E-state index contributed by atoms with van der Waals surface area (Å²) in [7, 11) is 1.57. The van der Waals surface area contributed by atoms with E-state index < -0.39 is 17.5 Å². The molecule has 0 saturated heterocycles. The molecule has 0 aliphatic heterocycles. The fourth-order valence-corrected chi connectivity index (χ4v) is 2.42. The quantitative estimate of drug-likeness (QED) is 0.290. The summed E-state index contributed by atoms with van der Waals surface area (Å²) in [6.45, 7) is -0.443. The molecule has 3 rings (SSSR count). The SMILES string of the molecule is COc1ccc2ccc(OC(=O)COc3ccccc3[N+](=O)[O-])cc2c1. The van der Waals surface area contributed by atoms with Crippen molar-refractivity contribution < 1.29 is 23.9 Å². The summed E-state index contributed by atoms with van der Waals surface area (Å²) in [5.41, 5.74) is -0.210. The van der Waals surface area contributed by atoms with Gasteiger partial charge in [0.2, 0.25) is 0 Å². The van der Waals surface area contributed by atoms with Crippen LogP contribution in [0.4, 0.5) is 5.69 Å². The number of esters is 1. The molecule has 0 unspecified atom stereocenters. The van der Waals surface area contributed by atoms with Gasteiger partial charge in [-0.25, -0.2) is 4.79 Å². The molecule has 0 saturated carbocycles. The van der Waals surface area contributed by atoms with Gasteiger partial charge in [0.05, 0.1) is 12.0 Å². The van der Waals surface area contributed by atoms with Crippen LogP contribution in [0.15, 0.2) is 60.7 Å². The van der Waals surface area contributed by atoms with Crippen molar-refractivity contribution in [2.75, 3.05) is 13.7 Å². The van der Waals surface area contributed by atoms with Crippen LogP contribution in [0.3, 0.4) is 0 Å². The molecule has 0 aliphatic carbocycles. The zero-order chi connectivity index (χ0) is 18.5. The van der Waals surface area contributed by atoms with Gasteiger partial charge in [-0.05, 0) is 41.1 Å².